The standard InChI is InChI=1S/C25H27N3O4/c1-28(2)15-14-26-25(30)22-13-12-19(17-23(22)31-3)27-24(29)18-8-7-11-21(16-18)32-20-9-5-4-6-10-20/h4-13,16-17H,14-15H2,1-3H3,(H,26,30)(H,27,29). The van der Waals surface area contributed by atoms with Crippen LogP contribution in [0.2, 0.25) is 0 Å². The molecular weight excluding hydrogens is 406 g/mol. The first-order valence-corrected chi connectivity index (χ1v) is 10.2. The topological polar surface area (TPSA) is 79.9 Å². The first-order valence-electron chi connectivity index (χ1n) is 10.2. The van der Waals surface area contributed by atoms with Crippen LogP contribution in [0.1, 0.15) is 20.7 Å². The second-order valence-corrected chi connectivity index (χ2v) is 7.37. The van der Waals surface area contributed by atoms with E-state index in [1.54, 1.807) is 42.5 Å². The molecule has 0 unspecified atom stereocenters. The minimum absolute atomic E-state index is 0.229. The van der Waals surface area contributed by atoms with Crippen molar-refractivity contribution in [2.45, 2.75) is 0 Å². The van der Waals surface area contributed by atoms with Crippen LogP contribution < -0.4 is 20.1 Å². The highest BCUT2D eigenvalue weighted by Crippen LogP contribution is 2.25. The lowest BCUT2D eigenvalue weighted by molar-refractivity contribution is 0.0947. The Labute approximate surface area is 188 Å². The number of nitrogens with one attached hydrogen (secondary N) is 2. The average molecular weight is 434 g/mol. The Bertz CT molecular complexity index is 1070. The van der Waals surface area contributed by atoms with E-state index in [0.717, 1.165) is 6.54 Å². The molecule has 0 aliphatic heterocycles. The third kappa shape index (κ3) is 6.33. The molecule has 7 nitrogen and oxygen atoms in total. The minimum atomic E-state index is -0.297. The van der Waals surface area contributed by atoms with E-state index in [1.807, 2.05) is 49.3 Å². The van der Waals surface area contributed by atoms with Gasteiger partial charge >= 0.3 is 0 Å². The van der Waals surface area contributed by atoms with E-state index in [-0.39, 0.29) is 11.8 Å². The van der Waals surface area contributed by atoms with E-state index in [1.165, 1.54) is 7.11 Å². The smallest absolute Gasteiger partial charge is 0.255 e. The molecule has 0 aromatic heterocycles. The summed E-state index contributed by atoms with van der Waals surface area (Å²) in [6.07, 6.45) is 0. The van der Waals surface area contributed by atoms with Crippen LogP contribution in [0.5, 0.6) is 17.2 Å². The minimum Gasteiger partial charge on any atom is -0.496 e. The zero-order valence-electron chi connectivity index (χ0n) is 18.4. The number of rotatable bonds is 9. The SMILES string of the molecule is COc1cc(NC(=O)c2cccc(Oc3ccccc3)c2)ccc1C(=O)NCCN(C)C. The number of para-hydroxylation sites is 1. The predicted molar refractivity (Wildman–Crippen MR) is 125 cm³/mol. The van der Waals surface area contributed by atoms with Crippen molar-refractivity contribution in [2.75, 3.05) is 39.6 Å². The van der Waals surface area contributed by atoms with Gasteiger partial charge in [-0.15, -0.1) is 0 Å². The number of hydrogen-bond donors (Lipinski definition) is 2. The number of hydrogen-bond acceptors (Lipinski definition) is 5. The maximum atomic E-state index is 12.8. The second kappa shape index (κ2) is 11.0. The number of anilines is 1. The molecule has 3 rings (SSSR count). The van der Waals surface area contributed by atoms with E-state index in [9.17, 15) is 9.59 Å². The van der Waals surface area contributed by atoms with Gasteiger partial charge in [0.15, 0.2) is 0 Å². The molecule has 0 fully saturated rings. The zero-order valence-corrected chi connectivity index (χ0v) is 18.4. The van der Waals surface area contributed by atoms with Crippen molar-refractivity contribution in [1.29, 1.82) is 0 Å². The van der Waals surface area contributed by atoms with Crippen LogP contribution in [0, 0.1) is 0 Å². The molecule has 0 atom stereocenters. The molecule has 3 aromatic rings. The fraction of sp³-hybridized carbons (Fsp3) is 0.200. The molecule has 0 saturated heterocycles. The van der Waals surface area contributed by atoms with Gasteiger partial charge in [-0.25, -0.2) is 0 Å². The quantitative estimate of drug-likeness (QED) is 0.533. The molecule has 7 heteroatoms. The highest BCUT2D eigenvalue weighted by Gasteiger charge is 2.14. The van der Waals surface area contributed by atoms with Crippen LogP contribution in [0.3, 0.4) is 0 Å². The maximum Gasteiger partial charge on any atom is 0.255 e. The summed E-state index contributed by atoms with van der Waals surface area (Å²) >= 11 is 0. The largest absolute Gasteiger partial charge is 0.496 e. The Morgan fingerprint density at radius 2 is 1.62 bits per heavy atom. The first-order chi connectivity index (χ1) is 15.5. The predicted octanol–water partition coefficient (Wildman–Crippen LogP) is 4.03. The van der Waals surface area contributed by atoms with Gasteiger partial charge in [0.25, 0.3) is 11.8 Å². The molecule has 0 radical (unpaired) electrons. The lowest BCUT2D eigenvalue weighted by atomic mass is 10.1. The van der Waals surface area contributed by atoms with E-state index in [0.29, 0.717) is 40.6 Å². The van der Waals surface area contributed by atoms with Crippen molar-refractivity contribution in [3.63, 3.8) is 0 Å². The summed E-state index contributed by atoms with van der Waals surface area (Å²) in [6, 6.07) is 21.2. The summed E-state index contributed by atoms with van der Waals surface area (Å²) < 4.78 is 11.2. The third-order valence-corrected chi connectivity index (χ3v) is 4.62. The summed E-state index contributed by atoms with van der Waals surface area (Å²) in [7, 11) is 5.36. The lowest BCUT2D eigenvalue weighted by Gasteiger charge is -2.14. The van der Waals surface area contributed by atoms with E-state index < -0.39 is 0 Å². The highest BCUT2D eigenvalue weighted by molar-refractivity contribution is 6.05. The molecule has 0 saturated carbocycles. The van der Waals surface area contributed by atoms with Crippen LogP contribution in [-0.2, 0) is 0 Å². The lowest BCUT2D eigenvalue weighted by Crippen LogP contribution is -2.31. The van der Waals surface area contributed by atoms with Crippen LogP contribution in [0.4, 0.5) is 5.69 Å². The number of nitrogens with zero attached hydrogens (tertiary/aromatic N) is 1. The summed E-state index contributed by atoms with van der Waals surface area (Å²) in [5.74, 6) is 1.10. The van der Waals surface area contributed by atoms with Gasteiger partial charge in [0.2, 0.25) is 0 Å². The molecule has 0 heterocycles. The third-order valence-electron chi connectivity index (χ3n) is 4.62. The van der Waals surface area contributed by atoms with Crippen LogP contribution in [-0.4, -0.2) is 51.0 Å². The number of methoxy groups -OCH3 is 1. The molecule has 2 N–H and O–H groups in total. The maximum absolute atomic E-state index is 12.8. The van der Waals surface area contributed by atoms with Crippen molar-refractivity contribution in [3.8, 4) is 17.2 Å². The molecule has 0 spiro atoms. The number of ether oxygens (including phenoxy) is 2. The first kappa shape index (κ1) is 22.8. The number of carbonyl (C=O) groups is 2. The Morgan fingerprint density at radius 1 is 0.875 bits per heavy atom. The summed E-state index contributed by atoms with van der Waals surface area (Å²) in [4.78, 5) is 27.2. The van der Waals surface area contributed by atoms with E-state index in [2.05, 4.69) is 10.6 Å². The molecule has 166 valence electrons. The van der Waals surface area contributed by atoms with E-state index in [4.69, 9.17) is 9.47 Å². The van der Waals surface area contributed by atoms with E-state index >= 15 is 0 Å². The van der Waals surface area contributed by atoms with Gasteiger partial charge in [-0.3, -0.25) is 9.59 Å². The Kier molecular flexibility index (Phi) is 7.83. The Hall–Kier alpha value is -3.84. The van der Waals surface area contributed by atoms with Gasteiger partial charge in [-0.1, -0.05) is 24.3 Å². The molecular formula is C25H27N3O4. The van der Waals surface area contributed by atoms with Gasteiger partial charge in [0, 0.05) is 30.4 Å². The number of likely N-dealkylation sites (N-methyl/N-ethyl adjacent to an activating group) is 1. The van der Waals surface area contributed by atoms with Gasteiger partial charge in [0.05, 0.1) is 12.7 Å². The van der Waals surface area contributed by atoms with Crippen molar-refractivity contribution in [1.82, 2.24) is 10.2 Å². The fourth-order valence-corrected chi connectivity index (χ4v) is 2.97. The zero-order chi connectivity index (χ0) is 22.9. The van der Waals surface area contributed by atoms with Crippen LogP contribution in [0.15, 0.2) is 72.8 Å². The van der Waals surface area contributed by atoms with Crippen molar-refractivity contribution in [2.24, 2.45) is 0 Å². The Morgan fingerprint density at radius 3 is 2.34 bits per heavy atom. The Balaban J connectivity index is 1.68. The molecule has 0 aliphatic carbocycles. The average Bonchev–Trinajstić information content (AvgIpc) is 2.79. The van der Waals surface area contributed by atoms with Crippen LogP contribution in [0.25, 0.3) is 0 Å². The fourth-order valence-electron chi connectivity index (χ4n) is 2.97. The summed E-state index contributed by atoms with van der Waals surface area (Å²) in [6.45, 7) is 1.25. The number of benzene rings is 3. The van der Waals surface area contributed by atoms with Crippen molar-refractivity contribution < 1.29 is 19.1 Å². The summed E-state index contributed by atoms with van der Waals surface area (Å²) in [5, 5.41) is 5.69. The molecule has 3 aromatic carbocycles. The summed E-state index contributed by atoms with van der Waals surface area (Å²) in [5.41, 5.74) is 1.37. The normalized spacial score (nSPS) is 10.5. The molecule has 0 bridgehead atoms. The number of carbonyl (C=O) groups excluding carboxylic acids is 2. The van der Waals surface area contributed by atoms with Gasteiger partial charge < -0.3 is 25.0 Å². The molecule has 2 amide bonds. The van der Waals surface area contributed by atoms with Crippen LogP contribution >= 0.6 is 0 Å². The van der Waals surface area contributed by atoms with Crippen molar-refractivity contribution >= 4 is 17.5 Å². The van der Waals surface area contributed by atoms with Gasteiger partial charge in [-0.05, 0) is 56.6 Å². The van der Waals surface area contributed by atoms with Gasteiger partial charge in [-0.2, -0.15) is 0 Å². The highest BCUT2D eigenvalue weighted by atomic mass is 16.5. The monoisotopic (exact) mass is 433 g/mol. The molecule has 32 heavy (non-hydrogen) atoms. The van der Waals surface area contributed by atoms with Crippen molar-refractivity contribution in [3.05, 3.63) is 83.9 Å². The molecule has 0 aliphatic rings. The number of amides is 2. The second-order valence-electron chi connectivity index (χ2n) is 7.37. The van der Waals surface area contributed by atoms with Gasteiger partial charge in [0.1, 0.15) is 17.2 Å².